The van der Waals surface area contributed by atoms with Crippen molar-refractivity contribution in [1.29, 1.82) is 0 Å². The second-order valence-electron chi connectivity index (χ2n) is 5.00. The zero-order valence-corrected chi connectivity index (χ0v) is 9.90. The highest BCUT2D eigenvalue weighted by atomic mass is 19.3. The predicted octanol–water partition coefficient (Wildman–Crippen LogP) is 5.17. The Hall–Kier alpha value is -0.140. The van der Waals surface area contributed by atoms with E-state index >= 15 is 0 Å². The van der Waals surface area contributed by atoms with Crippen LogP contribution in [0.25, 0.3) is 0 Å². The summed E-state index contributed by atoms with van der Waals surface area (Å²) in [5.74, 6) is -1.64. The van der Waals surface area contributed by atoms with Crippen LogP contribution in [0.15, 0.2) is 0 Å². The van der Waals surface area contributed by atoms with Crippen molar-refractivity contribution in [3.8, 4) is 0 Å². The van der Waals surface area contributed by atoms with Crippen molar-refractivity contribution in [2.75, 3.05) is 0 Å². The number of rotatable bonds is 7. The van der Waals surface area contributed by atoms with Gasteiger partial charge >= 0.3 is 0 Å². The minimum Gasteiger partial charge on any atom is -0.207 e. The molecule has 0 aromatic heterocycles. The summed E-state index contributed by atoms with van der Waals surface area (Å²) in [6, 6.07) is 0. The molecule has 0 radical (unpaired) electrons. The first-order valence-corrected chi connectivity index (χ1v) is 6.52. The highest BCUT2D eigenvalue weighted by Gasteiger charge is 2.27. The smallest absolute Gasteiger partial charge is 0.207 e. The zero-order valence-electron chi connectivity index (χ0n) is 9.90. The van der Waals surface area contributed by atoms with Gasteiger partial charge in [0.05, 0.1) is 0 Å². The maximum Gasteiger partial charge on any atom is 0.248 e. The molecule has 0 atom stereocenters. The highest BCUT2D eigenvalue weighted by Crippen LogP contribution is 2.32. The molecule has 1 aliphatic rings. The van der Waals surface area contributed by atoms with Crippen LogP contribution in [0.5, 0.6) is 0 Å². The Morgan fingerprint density at radius 2 is 1.67 bits per heavy atom. The van der Waals surface area contributed by atoms with Gasteiger partial charge in [0.2, 0.25) is 5.92 Å². The van der Waals surface area contributed by atoms with E-state index in [9.17, 15) is 8.78 Å². The summed E-state index contributed by atoms with van der Waals surface area (Å²) < 4.78 is 26.6. The third-order valence-corrected chi connectivity index (χ3v) is 3.53. The molecule has 0 spiro atoms. The van der Waals surface area contributed by atoms with Gasteiger partial charge in [-0.2, -0.15) is 0 Å². The third kappa shape index (κ3) is 5.48. The number of unbranched alkanes of at least 4 members (excludes halogenated alkanes) is 1. The number of halogens is 2. The van der Waals surface area contributed by atoms with Crippen molar-refractivity contribution in [1.82, 2.24) is 0 Å². The van der Waals surface area contributed by atoms with E-state index in [1.807, 2.05) is 6.92 Å². The number of hydrogen-bond acceptors (Lipinski definition) is 0. The standard InChI is InChI=1S/C13H24F2/c1-2-3-10-13(14,15)11-6-9-12-7-4-5-8-12/h12H,2-11H2,1H3. The Kier molecular flexibility index (Phi) is 5.55. The Labute approximate surface area is 92.4 Å². The minimum absolute atomic E-state index is 0.0914. The Morgan fingerprint density at radius 1 is 1.07 bits per heavy atom. The van der Waals surface area contributed by atoms with Crippen LogP contribution in [0.2, 0.25) is 0 Å². The molecule has 0 bridgehead atoms. The van der Waals surface area contributed by atoms with E-state index in [0.29, 0.717) is 6.42 Å². The first-order chi connectivity index (χ1) is 7.14. The van der Waals surface area contributed by atoms with Gasteiger partial charge in [0, 0.05) is 12.8 Å². The van der Waals surface area contributed by atoms with Crippen LogP contribution in [-0.4, -0.2) is 5.92 Å². The first-order valence-electron chi connectivity index (χ1n) is 6.52. The average Bonchev–Trinajstić information content (AvgIpc) is 2.67. The fourth-order valence-corrected chi connectivity index (χ4v) is 2.51. The Bertz CT molecular complexity index is 160. The van der Waals surface area contributed by atoms with Crippen molar-refractivity contribution >= 4 is 0 Å². The molecule has 1 aliphatic carbocycles. The molecule has 0 aromatic rings. The summed E-state index contributed by atoms with van der Waals surface area (Å²) in [7, 11) is 0. The molecule has 90 valence electrons. The number of hydrogen-bond donors (Lipinski definition) is 0. The van der Waals surface area contributed by atoms with Gasteiger partial charge in [-0.15, -0.1) is 0 Å². The van der Waals surface area contributed by atoms with E-state index in [1.54, 1.807) is 0 Å². The van der Waals surface area contributed by atoms with Crippen molar-refractivity contribution in [3.63, 3.8) is 0 Å². The highest BCUT2D eigenvalue weighted by molar-refractivity contribution is 4.71. The summed E-state index contributed by atoms with van der Waals surface area (Å²) in [5, 5.41) is 0. The van der Waals surface area contributed by atoms with E-state index in [0.717, 1.165) is 25.2 Å². The topological polar surface area (TPSA) is 0 Å². The molecule has 1 rings (SSSR count). The largest absolute Gasteiger partial charge is 0.248 e. The van der Waals surface area contributed by atoms with Crippen LogP contribution >= 0.6 is 0 Å². The van der Waals surface area contributed by atoms with Crippen LogP contribution in [0.3, 0.4) is 0 Å². The molecule has 0 nitrogen and oxygen atoms in total. The van der Waals surface area contributed by atoms with Gasteiger partial charge in [-0.25, -0.2) is 8.78 Å². The Balaban J connectivity index is 2.06. The maximum absolute atomic E-state index is 13.3. The van der Waals surface area contributed by atoms with Gasteiger partial charge in [-0.05, 0) is 18.8 Å². The molecule has 0 heterocycles. The fourth-order valence-electron chi connectivity index (χ4n) is 2.51. The maximum atomic E-state index is 13.3. The van der Waals surface area contributed by atoms with Crippen LogP contribution in [0, 0.1) is 5.92 Å². The molecule has 0 unspecified atom stereocenters. The van der Waals surface area contributed by atoms with Crippen LogP contribution < -0.4 is 0 Å². The second-order valence-corrected chi connectivity index (χ2v) is 5.00. The fraction of sp³-hybridized carbons (Fsp3) is 1.00. The predicted molar refractivity (Wildman–Crippen MR) is 60.3 cm³/mol. The SMILES string of the molecule is CCCCC(F)(F)CCCC1CCCC1. The van der Waals surface area contributed by atoms with E-state index in [1.165, 1.54) is 25.7 Å². The molecule has 2 heteroatoms. The molecular formula is C13H24F2. The summed E-state index contributed by atoms with van der Waals surface area (Å²) >= 11 is 0. The Morgan fingerprint density at radius 3 is 2.27 bits per heavy atom. The van der Waals surface area contributed by atoms with Gasteiger partial charge in [-0.3, -0.25) is 0 Å². The summed E-state index contributed by atoms with van der Waals surface area (Å²) in [6.45, 7) is 1.97. The van der Waals surface area contributed by atoms with Gasteiger partial charge in [-0.1, -0.05) is 45.4 Å². The molecule has 0 amide bonds. The van der Waals surface area contributed by atoms with Gasteiger partial charge < -0.3 is 0 Å². The lowest BCUT2D eigenvalue weighted by atomic mass is 9.97. The molecular weight excluding hydrogens is 194 g/mol. The first kappa shape index (κ1) is 12.9. The quantitative estimate of drug-likeness (QED) is 0.553. The lowest BCUT2D eigenvalue weighted by molar-refractivity contribution is -0.0210. The molecule has 0 N–H and O–H groups in total. The molecule has 1 saturated carbocycles. The third-order valence-electron chi connectivity index (χ3n) is 3.53. The molecule has 0 aromatic carbocycles. The van der Waals surface area contributed by atoms with Crippen LogP contribution in [0.1, 0.15) is 71.1 Å². The van der Waals surface area contributed by atoms with E-state index in [2.05, 4.69) is 0 Å². The lowest BCUT2D eigenvalue weighted by Gasteiger charge is -2.16. The number of alkyl halides is 2. The van der Waals surface area contributed by atoms with Crippen molar-refractivity contribution < 1.29 is 8.78 Å². The van der Waals surface area contributed by atoms with E-state index in [4.69, 9.17) is 0 Å². The monoisotopic (exact) mass is 218 g/mol. The summed E-state index contributed by atoms with van der Waals surface area (Å²) in [4.78, 5) is 0. The van der Waals surface area contributed by atoms with Crippen molar-refractivity contribution in [2.45, 2.75) is 77.1 Å². The van der Waals surface area contributed by atoms with Crippen LogP contribution in [-0.2, 0) is 0 Å². The molecule has 0 saturated heterocycles. The van der Waals surface area contributed by atoms with Crippen LogP contribution in [0.4, 0.5) is 8.78 Å². The van der Waals surface area contributed by atoms with Crippen molar-refractivity contribution in [3.05, 3.63) is 0 Å². The normalized spacial score (nSPS) is 18.6. The van der Waals surface area contributed by atoms with Gasteiger partial charge in [0.25, 0.3) is 0 Å². The van der Waals surface area contributed by atoms with Crippen molar-refractivity contribution in [2.24, 2.45) is 5.92 Å². The van der Waals surface area contributed by atoms with E-state index in [-0.39, 0.29) is 12.8 Å². The van der Waals surface area contributed by atoms with E-state index < -0.39 is 5.92 Å². The zero-order chi connectivity index (χ0) is 11.1. The molecule has 15 heavy (non-hydrogen) atoms. The molecule has 0 aliphatic heterocycles. The minimum atomic E-state index is -2.39. The second kappa shape index (κ2) is 6.44. The lowest BCUT2D eigenvalue weighted by Crippen LogP contribution is -2.15. The average molecular weight is 218 g/mol. The summed E-state index contributed by atoms with van der Waals surface area (Å²) in [5.41, 5.74) is 0. The van der Waals surface area contributed by atoms with Gasteiger partial charge in [0.15, 0.2) is 0 Å². The van der Waals surface area contributed by atoms with Gasteiger partial charge in [0.1, 0.15) is 0 Å². The molecule has 1 fully saturated rings. The summed E-state index contributed by atoms with van der Waals surface area (Å²) in [6.07, 6.45) is 8.68.